The summed E-state index contributed by atoms with van der Waals surface area (Å²) < 4.78 is 11.3. The Bertz CT molecular complexity index is 630. The van der Waals surface area contributed by atoms with Gasteiger partial charge in [-0.1, -0.05) is 19.9 Å². The minimum absolute atomic E-state index is 0.0212. The molecule has 0 amide bonds. The van der Waals surface area contributed by atoms with Crippen molar-refractivity contribution < 1.29 is 19.1 Å². The second-order valence-electron chi connectivity index (χ2n) is 7.94. The largest absolute Gasteiger partial charge is 0.459 e. The average Bonchev–Trinajstić information content (AvgIpc) is 2.82. The lowest BCUT2D eigenvalue weighted by Gasteiger charge is -2.53. The highest BCUT2D eigenvalue weighted by Crippen LogP contribution is 2.57. The molecule has 0 unspecified atom stereocenters. The average molecular weight is 332 g/mol. The van der Waals surface area contributed by atoms with Crippen LogP contribution in [0.25, 0.3) is 0 Å². The third-order valence-corrected chi connectivity index (χ3v) is 6.84. The van der Waals surface area contributed by atoms with E-state index in [0.29, 0.717) is 11.5 Å². The summed E-state index contributed by atoms with van der Waals surface area (Å²) in [7, 11) is 0. The van der Waals surface area contributed by atoms with Crippen LogP contribution in [0.5, 0.6) is 0 Å². The quantitative estimate of drug-likeness (QED) is 0.567. The summed E-state index contributed by atoms with van der Waals surface area (Å²) in [5.74, 6) is 0.413. The van der Waals surface area contributed by atoms with E-state index in [0.717, 1.165) is 31.3 Å². The van der Waals surface area contributed by atoms with Crippen molar-refractivity contribution >= 4 is 11.9 Å². The van der Waals surface area contributed by atoms with Gasteiger partial charge in [0.15, 0.2) is 0 Å². The molecule has 0 saturated heterocycles. The minimum atomic E-state index is -0.208. The predicted molar refractivity (Wildman–Crippen MR) is 91.1 cm³/mol. The van der Waals surface area contributed by atoms with Gasteiger partial charge in [-0.2, -0.15) is 0 Å². The summed E-state index contributed by atoms with van der Waals surface area (Å²) >= 11 is 0. The first-order valence-electron chi connectivity index (χ1n) is 9.02. The van der Waals surface area contributed by atoms with Crippen molar-refractivity contribution in [3.63, 3.8) is 0 Å². The van der Waals surface area contributed by atoms with E-state index in [1.807, 2.05) is 13.8 Å². The third-order valence-electron chi connectivity index (χ3n) is 6.84. The molecular weight excluding hydrogens is 304 g/mol. The molecule has 0 aromatic heterocycles. The van der Waals surface area contributed by atoms with Crippen LogP contribution in [0.3, 0.4) is 0 Å². The molecule has 0 aromatic carbocycles. The maximum Gasteiger partial charge on any atom is 0.334 e. The number of rotatable bonds is 2. The Labute approximate surface area is 144 Å². The van der Waals surface area contributed by atoms with Crippen LogP contribution in [0.1, 0.15) is 60.3 Å². The third kappa shape index (κ3) is 2.60. The van der Waals surface area contributed by atoms with Crippen LogP contribution < -0.4 is 0 Å². The molecule has 0 spiro atoms. The molecule has 132 valence electrons. The van der Waals surface area contributed by atoms with Gasteiger partial charge in [-0.05, 0) is 69.3 Å². The van der Waals surface area contributed by atoms with Crippen molar-refractivity contribution in [2.24, 2.45) is 17.3 Å². The van der Waals surface area contributed by atoms with Crippen molar-refractivity contribution in [2.45, 2.75) is 72.5 Å². The van der Waals surface area contributed by atoms with Gasteiger partial charge in [-0.3, -0.25) is 0 Å². The summed E-state index contributed by atoms with van der Waals surface area (Å²) in [6.45, 7) is 10.0. The van der Waals surface area contributed by atoms with E-state index in [4.69, 9.17) is 9.47 Å². The molecule has 0 bridgehead atoms. The minimum Gasteiger partial charge on any atom is -0.459 e. The lowest BCUT2D eigenvalue weighted by molar-refractivity contribution is -0.160. The van der Waals surface area contributed by atoms with Gasteiger partial charge in [0.05, 0.1) is 0 Å². The number of ether oxygens (including phenoxy) is 2. The highest BCUT2D eigenvalue weighted by molar-refractivity contribution is 5.91. The zero-order valence-electron chi connectivity index (χ0n) is 15.3. The fourth-order valence-electron chi connectivity index (χ4n) is 4.71. The Balaban J connectivity index is 1.81. The number of hydrogen-bond donors (Lipinski definition) is 0. The fraction of sp³-hybridized carbons (Fsp3) is 0.700. The number of hydrogen-bond acceptors (Lipinski definition) is 4. The Kier molecular flexibility index (Phi) is 4.35. The number of carbonyl (C=O) groups excluding carboxylic acids is 2. The molecule has 2 fully saturated rings. The standard InChI is InChI=1S/C20H28O4/c1-6-11(2)18(21)23-16-8-7-14-9-17-15(12(3)19(22)24-17)10-20(14,5)13(16)4/h6,13-14,16-17H,7-10H2,1-5H3/b11-6+/t13-,14+,16+,17+,20+/m0/s1. The van der Waals surface area contributed by atoms with E-state index < -0.39 is 0 Å². The molecule has 0 radical (unpaired) electrons. The molecule has 2 aliphatic carbocycles. The van der Waals surface area contributed by atoms with Gasteiger partial charge in [0.1, 0.15) is 12.2 Å². The van der Waals surface area contributed by atoms with Gasteiger partial charge >= 0.3 is 11.9 Å². The van der Waals surface area contributed by atoms with E-state index in [9.17, 15) is 9.59 Å². The van der Waals surface area contributed by atoms with Gasteiger partial charge in [-0.25, -0.2) is 9.59 Å². The molecule has 3 rings (SSSR count). The maximum atomic E-state index is 12.2. The smallest absolute Gasteiger partial charge is 0.334 e. The lowest BCUT2D eigenvalue weighted by atomic mass is 9.53. The van der Waals surface area contributed by atoms with Crippen LogP contribution in [0.2, 0.25) is 0 Å². The molecule has 2 saturated carbocycles. The number of allylic oxidation sites excluding steroid dienone is 1. The summed E-state index contributed by atoms with van der Waals surface area (Å²) in [5.41, 5.74) is 2.66. The summed E-state index contributed by atoms with van der Waals surface area (Å²) in [6, 6.07) is 0. The molecular formula is C20H28O4. The van der Waals surface area contributed by atoms with Gasteiger partial charge in [0, 0.05) is 11.1 Å². The van der Waals surface area contributed by atoms with Crippen LogP contribution >= 0.6 is 0 Å². The van der Waals surface area contributed by atoms with E-state index in [1.165, 1.54) is 5.57 Å². The molecule has 1 heterocycles. The predicted octanol–water partition coefficient (Wildman–Crippen LogP) is 3.95. The highest BCUT2D eigenvalue weighted by Gasteiger charge is 2.53. The van der Waals surface area contributed by atoms with Crippen LogP contribution in [-0.2, 0) is 19.1 Å². The molecule has 3 aliphatic rings. The van der Waals surface area contributed by atoms with Crippen LogP contribution in [-0.4, -0.2) is 24.1 Å². The topological polar surface area (TPSA) is 52.6 Å². The Morgan fingerprint density at radius 2 is 2.08 bits per heavy atom. The van der Waals surface area contributed by atoms with E-state index in [1.54, 1.807) is 13.0 Å². The van der Waals surface area contributed by atoms with Crippen molar-refractivity contribution in [3.8, 4) is 0 Å². The Hall–Kier alpha value is -1.58. The molecule has 24 heavy (non-hydrogen) atoms. The zero-order chi connectivity index (χ0) is 17.6. The van der Waals surface area contributed by atoms with Gasteiger partial charge < -0.3 is 9.47 Å². The Morgan fingerprint density at radius 1 is 1.38 bits per heavy atom. The first-order chi connectivity index (χ1) is 11.3. The lowest BCUT2D eigenvalue weighted by Crippen LogP contribution is -2.50. The first kappa shape index (κ1) is 17.2. The molecule has 4 nitrogen and oxygen atoms in total. The monoisotopic (exact) mass is 332 g/mol. The molecule has 1 aliphatic heterocycles. The highest BCUT2D eigenvalue weighted by atomic mass is 16.6. The van der Waals surface area contributed by atoms with E-state index in [2.05, 4.69) is 13.8 Å². The molecule has 4 heteroatoms. The normalized spacial score (nSPS) is 39.2. The molecule has 5 atom stereocenters. The van der Waals surface area contributed by atoms with Crippen LogP contribution in [0.4, 0.5) is 0 Å². The van der Waals surface area contributed by atoms with Gasteiger partial charge in [0.25, 0.3) is 0 Å². The molecule has 0 aromatic rings. The second kappa shape index (κ2) is 6.05. The second-order valence-corrected chi connectivity index (χ2v) is 7.94. The maximum absolute atomic E-state index is 12.2. The number of fused-ring (bicyclic) bond motifs is 2. The van der Waals surface area contributed by atoms with Gasteiger partial charge in [-0.15, -0.1) is 0 Å². The van der Waals surface area contributed by atoms with Crippen LogP contribution in [0.15, 0.2) is 22.8 Å². The fourth-order valence-corrected chi connectivity index (χ4v) is 4.71. The summed E-state index contributed by atoms with van der Waals surface area (Å²) in [4.78, 5) is 24.1. The van der Waals surface area contributed by atoms with E-state index in [-0.39, 0.29) is 35.5 Å². The first-order valence-corrected chi connectivity index (χ1v) is 9.02. The van der Waals surface area contributed by atoms with Gasteiger partial charge in [0.2, 0.25) is 0 Å². The van der Waals surface area contributed by atoms with Crippen molar-refractivity contribution in [2.75, 3.05) is 0 Å². The summed E-state index contributed by atoms with van der Waals surface area (Å²) in [5, 5.41) is 0. The van der Waals surface area contributed by atoms with Crippen molar-refractivity contribution in [1.82, 2.24) is 0 Å². The van der Waals surface area contributed by atoms with Crippen molar-refractivity contribution in [1.29, 1.82) is 0 Å². The SMILES string of the molecule is C/C=C(\C)C(=O)O[C@@H]1CC[C@@H]2C[C@H]3OC(=O)C(C)=C3C[C@]2(C)[C@H]1C. The molecule has 0 N–H and O–H groups in total. The number of carbonyl (C=O) groups is 2. The van der Waals surface area contributed by atoms with Crippen molar-refractivity contribution in [3.05, 3.63) is 22.8 Å². The van der Waals surface area contributed by atoms with Crippen LogP contribution in [0, 0.1) is 17.3 Å². The number of esters is 2. The Morgan fingerprint density at radius 3 is 2.75 bits per heavy atom. The zero-order valence-corrected chi connectivity index (χ0v) is 15.3. The van der Waals surface area contributed by atoms with E-state index >= 15 is 0 Å². The summed E-state index contributed by atoms with van der Waals surface area (Å²) in [6.07, 6.45) is 5.42.